The molecule has 1 heterocycles. The van der Waals surface area contributed by atoms with Gasteiger partial charge in [-0.3, -0.25) is 4.79 Å². The van der Waals surface area contributed by atoms with Crippen molar-refractivity contribution in [2.45, 2.75) is 44.9 Å². The van der Waals surface area contributed by atoms with Crippen LogP contribution in [0.25, 0.3) is 22.0 Å². The number of aromatic carboxylic acids is 1. The summed E-state index contributed by atoms with van der Waals surface area (Å²) in [5, 5.41) is 16.5. The van der Waals surface area contributed by atoms with Crippen LogP contribution >= 0.6 is 11.6 Å². The molecular formula is C33H28ClF2N2NaO3. The molecule has 0 saturated heterocycles. The minimum atomic E-state index is -1.45. The SMILES string of the molecule is O=C([O-])c1[nH]c2cc(-c3cc(F)cc(F)c3)cc(Cc3cccc(Cl)c3)c2c1NC(=O)C12CC3CC(CC(C3)C1)C2.[Na+]. The van der Waals surface area contributed by atoms with Gasteiger partial charge in [-0.1, -0.05) is 23.7 Å². The van der Waals surface area contributed by atoms with Gasteiger partial charge in [0.15, 0.2) is 0 Å². The van der Waals surface area contributed by atoms with E-state index in [9.17, 15) is 23.5 Å². The number of amides is 1. The second kappa shape index (κ2) is 11.1. The molecule has 1 aromatic heterocycles. The van der Waals surface area contributed by atoms with Gasteiger partial charge < -0.3 is 20.2 Å². The van der Waals surface area contributed by atoms with Crippen LogP contribution in [0.4, 0.5) is 14.5 Å². The monoisotopic (exact) mass is 596 g/mol. The molecule has 4 aliphatic carbocycles. The summed E-state index contributed by atoms with van der Waals surface area (Å²) in [6.07, 6.45) is 6.37. The van der Waals surface area contributed by atoms with Crippen molar-refractivity contribution < 1.29 is 53.0 Å². The molecule has 0 spiro atoms. The Morgan fingerprint density at radius 3 is 2.14 bits per heavy atom. The zero-order chi connectivity index (χ0) is 28.5. The Balaban J connectivity index is 0.00000316. The fourth-order valence-corrected chi connectivity index (χ4v) is 8.44. The molecule has 0 unspecified atom stereocenters. The first-order valence-electron chi connectivity index (χ1n) is 14.1. The van der Waals surface area contributed by atoms with Gasteiger partial charge in [-0.2, -0.15) is 0 Å². The molecule has 4 aromatic rings. The normalized spacial score (nSPS) is 24.0. The van der Waals surface area contributed by atoms with E-state index < -0.39 is 23.0 Å². The van der Waals surface area contributed by atoms with E-state index >= 15 is 0 Å². The topological polar surface area (TPSA) is 85.0 Å². The Kier molecular flexibility index (Phi) is 7.75. The van der Waals surface area contributed by atoms with Crippen molar-refractivity contribution in [3.8, 4) is 11.1 Å². The first-order valence-corrected chi connectivity index (χ1v) is 14.5. The average Bonchev–Trinajstić information content (AvgIpc) is 3.26. The van der Waals surface area contributed by atoms with Crippen molar-refractivity contribution in [1.82, 2.24) is 4.98 Å². The van der Waals surface area contributed by atoms with Crippen molar-refractivity contribution in [2.75, 3.05) is 5.32 Å². The number of hydrogen-bond donors (Lipinski definition) is 2. The van der Waals surface area contributed by atoms with Crippen molar-refractivity contribution in [1.29, 1.82) is 0 Å². The molecule has 4 fully saturated rings. The third kappa shape index (κ3) is 5.30. The van der Waals surface area contributed by atoms with Crippen molar-refractivity contribution in [3.05, 3.63) is 88.1 Å². The summed E-state index contributed by atoms with van der Waals surface area (Å²) in [5.74, 6) is -1.39. The van der Waals surface area contributed by atoms with Gasteiger partial charge in [0.2, 0.25) is 5.91 Å². The number of carboxylic acid groups (broad SMARTS) is 1. The van der Waals surface area contributed by atoms with E-state index in [0.29, 0.717) is 56.8 Å². The molecule has 42 heavy (non-hydrogen) atoms. The van der Waals surface area contributed by atoms with Crippen LogP contribution in [0.3, 0.4) is 0 Å². The summed E-state index contributed by atoms with van der Waals surface area (Å²) in [6.45, 7) is 0. The van der Waals surface area contributed by atoms with Crippen LogP contribution < -0.4 is 40.0 Å². The standard InChI is InChI=1S/C33H29ClF2N2O3.Na/c34-24-3-1-2-17(8-24)7-23-9-21(22-10-25(35)13-26(36)11-22)12-27-28(23)29(30(37-27)31(39)40)38-32(41)33-14-18-4-19(15-33)6-20(5-18)16-33;/h1-3,8-13,18-20,37H,4-7,14-16H2,(H,38,41)(H,39,40);/q;+1/p-1. The zero-order valence-corrected chi connectivity index (χ0v) is 26.0. The molecule has 9 heteroatoms. The van der Waals surface area contributed by atoms with Crippen molar-refractivity contribution in [3.63, 3.8) is 0 Å². The number of rotatable bonds is 6. The number of nitrogens with one attached hydrogen (secondary N) is 2. The van der Waals surface area contributed by atoms with Crippen LogP contribution in [0.1, 0.15) is 60.1 Å². The third-order valence-electron chi connectivity index (χ3n) is 9.42. The number of fused-ring (bicyclic) bond motifs is 1. The average molecular weight is 597 g/mol. The quantitative estimate of drug-likeness (QED) is 0.332. The molecule has 3 aromatic carbocycles. The Morgan fingerprint density at radius 2 is 1.55 bits per heavy atom. The third-order valence-corrected chi connectivity index (χ3v) is 9.66. The zero-order valence-electron chi connectivity index (χ0n) is 23.2. The number of carboxylic acids is 1. The first-order chi connectivity index (χ1) is 19.7. The van der Waals surface area contributed by atoms with E-state index in [1.807, 2.05) is 18.2 Å². The van der Waals surface area contributed by atoms with Crippen LogP contribution in [0.2, 0.25) is 5.02 Å². The Labute approximate surface area is 269 Å². The number of aromatic amines is 1. The number of H-pyrrole nitrogens is 1. The molecule has 8 rings (SSSR count). The maximum Gasteiger partial charge on any atom is 1.00 e. The minimum absolute atomic E-state index is 0. The Bertz CT molecular complexity index is 1680. The van der Waals surface area contributed by atoms with Gasteiger partial charge in [0.1, 0.15) is 11.6 Å². The van der Waals surface area contributed by atoms with Gasteiger partial charge >= 0.3 is 29.6 Å². The van der Waals surface area contributed by atoms with E-state index in [4.69, 9.17) is 11.6 Å². The fourth-order valence-electron chi connectivity index (χ4n) is 8.22. The summed E-state index contributed by atoms with van der Waals surface area (Å²) in [5.41, 5.74) is 2.21. The van der Waals surface area contributed by atoms with Crippen molar-refractivity contribution >= 4 is 40.1 Å². The summed E-state index contributed by atoms with van der Waals surface area (Å²) >= 11 is 6.25. The number of anilines is 1. The summed E-state index contributed by atoms with van der Waals surface area (Å²) < 4.78 is 28.3. The van der Waals surface area contributed by atoms with Gasteiger partial charge in [-0.25, -0.2) is 8.78 Å². The van der Waals surface area contributed by atoms with Crippen LogP contribution in [-0.4, -0.2) is 16.9 Å². The van der Waals surface area contributed by atoms with Gasteiger partial charge in [-0.05, 0) is 121 Å². The van der Waals surface area contributed by atoms with E-state index in [-0.39, 0.29) is 46.8 Å². The number of aromatic nitrogens is 1. The van der Waals surface area contributed by atoms with Crippen LogP contribution in [0.15, 0.2) is 54.6 Å². The van der Waals surface area contributed by atoms with E-state index in [2.05, 4.69) is 10.3 Å². The Morgan fingerprint density at radius 1 is 0.929 bits per heavy atom. The van der Waals surface area contributed by atoms with E-state index in [0.717, 1.165) is 30.9 Å². The minimum Gasteiger partial charge on any atom is -0.543 e. The van der Waals surface area contributed by atoms with Crippen molar-refractivity contribution in [2.24, 2.45) is 23.2 Å². The molecule has 4 bridgehead atoms. The maximum atomic E-state index is 14.2. The second-order valence-corrected chi connectivity index (χ2v) is 12.8. The largest absolute Gasteiger partial charge is 1.00 e. The van der Waals surface area contributed by atoms with Crippen LogP contribution in [0, 0.1) is 34.8 Å². The van der Waals surface area contributed by atoms with Gasteiger partial charge in [-0.15, -0.1) is 0 Å². The fraction of sp³-hybridized carbons (Fsp3) is 0.333. The molecule has 0 aliphatic heterocycles. The summed E-state index contributed by atoms with van der Waals surface area (Å²) in [7, 11) is 0. The van der Waals surface area contributed by atoms with Gasteiger partial charge in [0.25, 0.3) is 0 Å². The molecule has 0 radical (unpaired) electrons. The number of carbonyl (C=O) groups excluding carboxylic acids is 2. The first kappa shape index (κ1) is 29.4. The predicted octanol–water partition coefficient (Wildman–Crippen LogP) is 3.88. The number of benzene rings is 3. The molecule has 210 valence electrons. The summed E-state index contributed by atoms with van der Waals surface area (Å²) in [6, 6.07) is 14.0. The van der Waals surface area contributed by atoms with Gasteiger partial charge in [0.05, 0.1) is 22.8 Å². The molecule has 4 saturated carbocycles. The van der Waals surface area contributed by atoms with E-state index in [1.54, 1.807) is 18.2 Å². The maximum absolute atomic E-state index is 14.2. The van der Waals surface area contributed by atoms with Crippen LogP contribution in [0.5, 0.6) is 0 Å². The molecule has 2 N–H and O–H groups in total. The molecule has 4 aliphatic rings. The molecule has 0 atom stereocenters. The molecule has 1 amide bonds. The predicted molar refractivity (Wildman–Crippen MR) is 151 cm³/mol. The molecular weight excluding hydrogens is 569 g/mol. The molecule has 5 nitrogen and oxygen atoms in total. The number of carbonyl (C=O) groups is 2. The smallest absolute Gasteiger partial charge is 0.543 e. The number of hydrogen-bond acceptors (Lipinski definition) is 3. The number of halogens is 3. The van der Waals surface area contributed by atoms with Crippen LogP contribution in [-0.2, 0) is 11.2 Å². The van der Waals surface area contributed by atoms with Gasteiger partial charge in [0, 0.05) is 22.0 Å². The Hall–Kier alpha value is -2.71. The second-order valence-electron chi connectivity index (χ2n) is 12.3. The van der Waals surface area contributed by atoms with E-state index in [1.165, 1.54) is 31.4 Å². The summed E-state index contributed by atoms with van der Waals surface area (Å²) in [4.78, 5) is 29.3.